The number of nitrogens with zero attached hydrogens (tertiary/aromatic N) is 2. The van der Waals surface area contributed by atoms with Gasteiger partial charge in [0.25, 0.3) is 0 Å². The van der Waals surface area contributed by atoms with Crippen molar-refractivity contribution in [3.63, 3.8) is 0 Å². The fourth-order valence-electron chi connectivity index (χ4n) is 8.00. The number of rotatable bonds is 5. The van der Waals surface area contributed by atoms with Gasteiger partial charge in [0.05, 0.1) is 0 Å². The maximum Gasteiger partial charge on any atom is 0.160 e. The van der Waals surface area contributed by atoms with Gasteiger partial charge < -0.3 is 5.32 Å². The minimum Gasteiger partial charge on any atom is -0.344 e. The topological polar surface area (TPSA) is 36.8 Å². The van der Waals surface area contributed by atoms with Crippen molar-refractivity contribution in [2.75, 3.05) is 0 Å². The third-order valence-corrected chi connectivity index (χ3v) is 13.0. The molecule has 254 valence electrons. The number of hydrogen-bond donors (Lipinski definition) is 1. The summed E-state index contributed by atoms with van der Waals surface area (Å²) in [4.78, 5) is 10.6. The van der Waals surface area contributed by atoms with E-state index in [0.717, 1.165) is 28.4 Å². The average molecular weight is 726 g/mol. The van der Waals surface area contributed by atoms with Crippen molar-refractivity contribution in [1.29, 1.82) is 0 Å². The molecule has 10 aromatic rings. The predicted molar refractivity (Wildman–Crippen MR) is 232 cm³/mol. The first kappa shape index (κ1) is 31.2. The lowest BCUT2D eigenvalue weighted by molar-refractivity contribution is 0.674. The van der Waals surface area contributed by atoms with Gasteiger partial charge in [-0.3, -0.25) is 0 Å². The highest BCUT2D eigenvalue weighted by Crippen LogP contribution is 2.47. The molecule has 1 aliphatic heterocycles. The van der Waals surface area contributed by atoms with E-state index in [0.29, 0.717) is 0 Å². The van der Waals surface area contributed by atoms with E-state index in [-0.39, 0.29) is 6.17 Å². The highest BCUT2D eigenvalue weighted by molar-refractivity contribution is 7.27. The minimum atomic E-state index is -0.283. The second kappa shape index (κ2) is 12.6. The standard InChI is InChI=1S/C49H31N3S2/c1-3-14-31(15-4-1)47-50-48(32-16-5-2-6-17-32)52-49(51-47)40-27-26-38(36-22-11-18-30-13-7-8-19-34(30)36)46-44(40)39-23-12-21-35(45(39)54-46)33-25-28-43-41(29-33)37-20-9-10-24-42(37)53-43/h1-29,47H,(H,50,51,52). The third-order valence-electron chi connectivity index (χ3n) is 10.6. The molecule has 0 radical (unpaired) electrons. The Hall–Kier alpha value is -6.40. The first-order chi connectivity index (χ1) is 26.8. The van der Waals surface area contributed by atoms with Crippen molar-refractivity contribution in [1.82, 2.24) is 5.32 Å². The van der Waals surface area contributed by atoms with E-state index in [1.54, 1.807) is 0 Å². The summed E-state index contributed by atoms with van der Waals surface area (Å²) in [6.07, 6.45) is -0.283. The van der Waals surface area contributed by atoms with E-state index in [4.69, 9.17) is 9.98 Å². The van der Waals surface area contributed by atoms with Crippen molar-refractivity contribution in [3.8, 4) is 22.3 Å². The fourth-order valence-corrected chi connectivity index (χ4v) is 10.5. The fraction of sp³-hybridized carbons (Fsp3) is 0.0204. The summed E-state index contributed by atoms with van der Waals surface area (Å²) in [5, 5.41) is 11.1. The monoisotopic (exact) mass is 725 g/mol. The Morgan fingerprint density at radius 1 is 0.444 bits per heavy atom. The zero-order valence-corrected chi connectivity index (χ0v) is 30.7. The second-order valence-corrected chi connectivity index (χ2v) is 15.8. The zero-order valence-electron chi connectivity index (χ0n) is 29.0. The van der Waals surface area contributed by atoms with Crippen LogP contribution >= 0.6 is 22.7 Å². The van der Waals surface area contributed by atoms with Crippen LogP contribution in [0.2, 0.25) is 0 Å². The van der Waals surface area contributed by atoms with Gasteiger partial charge >= 0.3 is 0 Å². The maximum absolute atomic E-state index is 5.35. The van der Waals surface area contributed by atoms with Crippen molar-refractivity contribution in [2.24, 2.45) is 9.98 Å². The van der Waals surface area contributed by atoms with Crippen LogP contribution in [0.1, 0.15) is 22.9 Å². The Morgan fingerprint density at radius 2 is 1.13 bits per heavy atom. The van der Waals surface area contributed by atoms with Crippen molar-refractivity contribution < 1.29 is 0 Å². The quantitative estimate of drug-likeness (QED) is 0.188. The van der Waals surface area contributed by atoms with Crippen LogP contribution in [0.25, 0.3) is 73.4 Å². The maximum atomic E-state index is 5.35. The Morgan fingerprint density at radius 3 is 2.02 bits per heavy atom. The molecule has 3 heterocycles. The number of aliphatic imine (C=N–C) groups is 2. The van der Waals surface area contributed by atoms with Crippen LogP contribution in [-0.4, -0.2) is 11.7 Å². The molecule has 1 unspecified atom stereocenters. The lowest BCUT2D eigenvalue weighted by atomic mass is 9.93. The summed E-state index contributed by atoms with van der Waals surface area (Å²) < 4.78 is 5.14. The van der Waals surface area contributed by atoms with Gasteiger partial charge in [0, 0.05) is 57.0 Å². The van der Waals surface area contributed by atoms with Crippen LogP contribution in [-0.2, 0) is 0 Å². The molecule has 2 aromatic heterocycles. The summed E-state index contributed by atoms with van der Waals surface area (Å²) in [6.45, 7) is 0. The summed E-state index contributed by atoms with van der Waals surface area (Å²) in [5.74, 6) is 1.55. The largest absolute Gasteiger partial charge is 0.344 e. The lowest BCUT2D eigenvalue weighted by Crippen LogP contribution is -2.33. The van der Waals surface area contributed by atoms with Gasteiger partial charge in [-0.2, -0.15) is 0 Å². The highest BCUT2D eigenvalue weighted by atomic mass is 32.1. The van der Waals surface area contributed by atoms with E-state index in [1.165, 1.54) is 73.4 Å². The number of benzene rings is 8. The molecule has 54 heavy (non-hydrogen) atoms. The molecule has 0 aliphatic carbocycles. The number of amidine groups is 2. The summed E-state index contributed by atoms with van der Waals surface area (Å²) >= 11 is 3.74. The Kier molecular flexibility index (Phi) is 7.29. The molecule has 0 spiro atoms. The SMILES string of the molecule is c1ccc(C2=NC(c3ccc(-c4cccc5ccccc45)c4sc5c(-c6ccc7sc8ccccc8c7c6)cccc5c34)=NC(c3ccccc3)N2)cc1. The Labute approximate surface area is 320 Å². The summed E-state index contributed by atoms with van der Waals surface area (Å²) in [7, 11) is 0. The minimum absolute atomic E-state index is 0.283. The number of nitrogens with one attached hydrogen (secondary N) is 1. The molecule has 0 fully saturated rings. The number of thiophene rings is 2. The molecule has 0 bridgehead atoms. The Bertz CT molecular complexity index is 3130. The van der Waals surface area contributed by atoms with Crippen molar-refractivity contribution in [3.05, 3.63) is 193 Å². The molecule has 11 rings (SSSR count). The first-order valence-corrected chi connectivity index (χ1v) is 19.8. The second-order valence-electron chi connectivity index (χ2n) is 13.7. The smallest absolute Gasteiger partial charge is 0.160 e. The molecule has 1 aliphatic rings. The number of hydrogen-bond acceptors (Lipinski definition) is 5. The molecule has 1 atom stereocenters. The van der Waals surface area contributed by atoms with Crippen molar-refractivity contribution in [2.45, 2.75) is 6.17 Å². The molecule has 8 aromatic carbocycles. The van der Waals surface area contributed by atoms with Gasteiger partial charge in [0.15, 0.2) is 5.84 Å². The molecule has 1 N–H and O–H groups in total. The summed E-state index contributed by atoms with van der Waals surface area (Å²) in [6, 6.07) is 63.2. The lowest BCUT2D eigenvalue weighted by Gasteiger charge is -2.24. The zero-order chi connectivity index (χ0) is 35.6. The third kappa shape index (κ3) is 5.08. The molecule has 3 nitrogen and oxygen atoms in total. The Balaban J connectivity index is 1.19. The van der Waals surface area contributed by atoms with E-state index >= 15 is 0 Å². The first-order valence-electron chi connectivity index (χ1n) is 18.2. The van der Waals surface area contributed by atoms with Gasteiger partial charge in [-0.25, -0.2) is 9.98 Å². The summed E-state index contributed by atoms with van der Waals surface area (Å²) in [5.41, 5.74) is 8.07. The van der Waals surface area contributed by atoms with Crippen LogP contribution in [0.4, 0.5) is 0 Å². The van der Waals surface area contributed by atoms with Crippen LogP contribution < -0.4 is 5.32 Å². The van der Waals surface area contributed by atoms with E-state index in [2.05, 4.69) is 169 Å². The van der Waals surface area contributed by atoms with Crippen molar-refractivity contribution >= 4 is 85.5 Å². The molecular weight excluding hydrogens is 695 g/mol. The van der Waals surface area contributed by atoms with E-state index in [9.17, 15) is 0 Å². The normalized spacial score (nSPS) is 14.5. The van der Waals surface area contributed by atoms with Gasteiger partial charge in [0.1, 0.15) is 12.0 Å². The van der Waals surface area contributed by atoms with Gasteiger partial charge in [0.2, 0.25) is 0 Å². The van der Waals surface area contributed by atoms with Gasteiger partial charge in [-0.1, -0.05) is 152 Å². The predicted octanol–water partition coefficient (Wildman–Crippen LogP) is 13.4. The number of fused-ring (bicyclic) bond motifs is 7. The van der Waals surface area contributed by atoms with Gasteiger partial charge in [-0.15, -0.1) is 22.7 Å². The molecule has 5 heteroatoms. The van der Waals surface area contributed by atoms with Crippen LogP contribution in [0.3, 0.4) is 0 Å². The van der Waals surface area contributed by atoms with Gasteiger partial charge in [-0.05, 0) is 57.3 Å². The molecule has 0 amide bonds. The molecule has 0 saturated carbocycles. The van der Waals surface area contributed by atoms with Crippen LogP contribution in [0, 0.1) is 0 Å². The van der Waals surface area contributed by atoms with E-state index in [1.807, 2.05) is 34.8 Å². The molecule has 0 saturated heterocycles. The molecular formula is C49H31N3S2. The van der Waals surface area contributed by atoms with Crippen LogP contribution in [0.15, 0.2) is 186 Å². The highest BCUT2D eigenvalue weighted by Gasteiger charge is 2.25. The van der Waals surface area contributed by atoms with Crippen LogP contribution in [0.5, 0.6) is 0 Å². The average Bonchev–Trinajstić information content (AvgIpc) is 3.83. The van der Waals surface area contributed by atoms with E-state index < -0.39 is 0 Å².